The number of fused-ring (bicyclic) bond motifs is 1. The Hall–Kier alpha value is -2.37. The summed E-state index contributed by atoms with van der Waals surface area (Å²) in [4.78, 5) is 0.0400. The zero-order chi connectivity index (χ0) is 20.6. The molecule has 0 amide bonds. The monoisotopic (exact) mass is 433 g/mol. The Balaban J connectivity index is 1.96. The molecule has 1 aromatic heterocycles. The smallest absolute Gasteiger partial charge is 0.263 e. The number of nitrogens with zero attached hydrogens (tertiary/aromatic N) is 1. The van der Waals surface area contributed by atoms with E-state index in [1.165, 1.54) is 18.3 Å². The SMILES string of the molecule is O=S(=O)(c1ccccc1)n1cc(CCOS(=O)(=O)C(F)(F)F)c2ccccc21. The maximum atomic E-state index is 12.9. The lowest BCUT2D eigenvalue weighted by molar-refractivity contribution is -0.0541. The number of hydrogen-bond acceptors (Lipinski definition) is 5. The van der Waals surface area contributed by atoms with E-state index in [1.807, 2.05) is 0 Å². The molecular formula is C17H14F3NO5S2. The molecular weight excluding hydrogens is 419 g/mol. The maximum Gasteiger partial charge on any atom is 0.523 e. The predicted octanol–water partition coefficient (Wildman–Crippen LogP) is 3.29. The summed E-state index contributed by atoms with van der Waals surface area (Å²) in [7, 11) is -9.65. The first-order valence-corrected chi connectivity index (χ1v) is 10.7. The van der Waals surface area contributed by atoms with Crippen LogP contribution in [0.15, 0.2) is 65.7 Å². The summed E-state index contributed by atoms with van der Waals surface area (Å²) in [5.41, 5.74) is -4.86. The van der Waals surface area contributed by atoms with Crippen LogP contribution in [-0.4, -0.2) is 32.9 Å². The Morgan fingerprint density at radius 2 is 1.50 bits per heavy atom. The van der Waals surface area contributed by atoms with E-state index in [2.05, 4.69) is 4.18 Å². The molecule has 0 saturated carbocycles. The van der Waals surface area contributed by atoms with Crippen molar-refractivity contribution in [1.82, 2.24) is 3.97 Å². The third-order valence-corrected chi connectivity index (χ3v) is 6.69. The van der Waals surface area contributed by atoms with Crippen molar-refractivity contribution < 1.29 is 34.2 Å². The maximum absolute atomic E-state index is 12.9. The lowest BCUT2D eigenvalue weighted by Crippen LogP contribution is -2.26. The standard InChI is InChI=1S/C17H14F3NO5S2/c18-17(19,20)28(24,25)26-11-10-13-12-21(16-9-5-4-8-15(13)16)27(22,23)14-6-2-1-3-7-14/h1-9,12H,10-11H2. The molecule has 3 aromatic rings. The first-order valence-electron chi connectivity index (χ1n) is 7.89. The van der Waals surface area contributed by atoms with Gasteiger partial charge in [-0.25, -0.2) is 12.4 Å². The lowest BCUT2D eigenvalue weighted by atomic mass is 10.1. The van der Waals surface area contributed by atoms with Crippen LogP contribution < -0.4 is 0 Å². The van der Waals surface area contributed by atoms with Crippen molar-refractivity contribution in [3.8, 4) is 0 Å². The lowest BCUT2D eigenvalue weighted by Gasteiger charge is -2.08. The van der Waals surface area contributed by atoms with Crippen LogP contribution >= 0.6 is 0 Å². The van der Waals surface area contributed by atoms with Crippen LogP contribution in [0.25, 0.3) is 10.9 Å². The van der Waals surface area contributed by atoms with Gasteiger partial charge < -0.3 is 0 Å². The fraction of sp³-hybridized carbons (Fsp3) is 0.176. The van der Waals surface area contributed by atoms with Gasteiger partial charge in [0, 0.05) is 11.6 Å². The summed E-state index contributed by atoms with van der Waals surface area (Å²) >= 11 is 0. The Morgan fingerprint density at radius 1 is 0.893 bits per heavy atom. The fourth-order valence-electron chi connectivity index (χ4n) is 2.65. The summed E-state index contributed by atoms with van der Waals surface area (Å²) in [6.07, 6.45) is 1.03. The van der Waals surface area contributed by atoms with E-state index in [0.717, 1.165) is 3.97 Å². The van der Waals surface area contributed by atoms with Crippen LogP contribution in [0.4, 0.5) is 13.2 Å². The van der Waals surface area contributed by atoms with Gasteiger partial charge in [-0.1, -0.05) is 36.4 Å². The molecule has 0 aliphatic heterocycles. The summed E-state index contributed by atoms with van der Waals surface area (Å²) in [6, 6.07) is 14.0. The van der Waals surface area contributed by atoms with Crippen LogP contribution in [0.3, 0.4) is 0 Å². The summed E-state index contributed by atoms with van der Waals surface area (Å²) in [5.74, 6) is 0. The number of hydrogen-bond donors (Lipinski definition) is 0. The number of aromatic nitrogens is 1. The van der Waals surface area contributed by atoms with Gasteiger partial charge in [0.2, 0.25) is 0 Å². The second-order valence-corrected chi connectivity index (χ2v) is 9.18. The fourth-order valence-corrected chi connectivity index (χ4v) is 4.50. The first-order chi connectivity index (χ1) is 13.0. The zero-order valence-electron chi connectivity index (χ0n) is 14.1. The van der Waals surface area contributed by atoms with Crippen molar-refractivity contribution in [3.63, 3.8) is 0 Å². The quantitative estimate of drug-likeness (QED) is 0.440. The van der Waals surface area contributed by atoms with Gasteiger partial charge in [0.15, 0.2) is 0 Å². The minimum atomic E-state index is -5.71. The van der Waals surface area contributed by atoms with Crippen LogP contribution in [-0.2, 0) is 30.7 Å². The van der Waals surface area contributed by atoms with Crippen LogP contribution in [0.5, 0.6) is 0 Å². The Bertz CT molecular complexity index is 1200. The molecule has 150 valence electrons. The van der Waals surface area contributed by atoms with Gasteiger partial charge in [-0.05, 0) is 30.2 Å². The van der Waals surface area contributed by atoms with Gasteiger partial charge in [0.05, 0.1) is 17.0 Å². The van der Waals surface area contributed by atoms with Gasteiger partial charge >= 0.3 is 15.6 Å². The molecule has 0 N–H and O–H groups in total. The van der Waals surface area contributed by atoms with Gasteiger partial charge in [0.1, 0.15) is 0 Å². The van der Waals surface area contributed by atoms with Crippen molar-refractivity contribution in [3.05, 3.63) is 66.4 Å². The largest absolute Gasteiger partial charge is 0.523 e. The number of rotatable bonds is 6. The predicted molar refractivity (Wildman–Crippen MR) is 95.6 cm³/mol. The van der Waals surface area contributed by atoms with E-state index < -0.39 is 32.3 Å². The molecule has 28 heavy (non-hydrogen) atoms. The van der Waals surface area contributed by atoms with Crippen LogP contribution in [0.2, 0.25) is 0 Å². The Labute approximate surface area is 159 Å². The van der Waals surface area contributed by atoms with Gasteiger partial charge in [-0.3, -0.25) is 4.18 Å². The van der Waals surface area contributed by atoms with Crippen molar-refractivity contribution >= 4 is 31.0 Å². The molecule has 1 heterocycles. The first kappa shape index (κ1) is 20.4. The molecule has 0 unspecified atom stereocenters. The second-order valence-electron chi connectivity index (χ2n) is 5.76. The van der Waals surface area contributed by atoms with Gasteiger partial charge in [0.25, 0.3) is 10.0 Å². The summed E-state index contributed by atoms with van der Waals surface area (Å²) < 4.78 is 90.0. The highest BCUT2D eigenvalue weighted by Crippen LogP contribution is 2.28. The molecule has 0 saturated heterocycles. The molecule has 0 radical (unpaired) electrons. The van der Waals surface area contributed by atoms with E-state index in [4.69, 9.17) is 0 Å². The third kappa shape index (κ3) is 3.77. The van der Waals surface area contributed by atoms with Crippen LogP contribution in [0, 0.1) is 0 Å². The van der Waals surface area contributed by atoms with Crippen molar-refractivity contribution in [2.24, 2.45) is 0 Å². The van der Waals surface area contributed by atoms with Crippen LogP contribution in [0.1, 0.15) is 5.56 Å². The molecule has 0 spiro atoms. The minimum Gasteiger partial charge on any atom is -0.263 e. The van der Waals surface area contributed by atoms with Gasteiger partial charge in [-0.2, -0.15) is 21.6 Å². The highest BCUT2D eigenvalue weighted by atomic mass is 32.2. The minimum absolute atomic E-state index is 0.0400. The Morgan fingerprint density at radius 3 is 2.14 bits per heavy atom. The third-order valence-electron chi connectivity index (χ3n) is 3.95. The molecule has 0 aliphatic carbocycles. The Kier molecular flexibility index (Phi) is 5.26. The van der Waals surface area contributed by atoms with E-state index in [-0.39, 0.29) is 11.3 Å². The molecule has 0 bridgehead atoms. The normalized spacial score (nSPS) is 13.1. The van der Waals surface area contributed by atoms with Crippen molar-refractivity contribution in [1.29, 1.82) is 0 Å². The second kappa shape index (κ2) is 7.22. The molecule has 11 heteroatoms. The number of halogens is 3. The van der Waals surface area contributed by atoms with Crippen molar-refractivity contribution in [2.75, 3.05) is 6.61 Å². The van der Waals surface area contributed by atoms with Gasteiger partial charge in [-0.15, -0.1) is 0 Å². The highest BCUT2D eigenvalue weighted by molar-refractivity contribution is 7.90. The summed E-state index contributed by atoms with van der Waals surface area (Å²) in [5, 5.41) is 0.468. The topological polar surface area (TPSA) is 82.4 Å². The summed E-state index contributed by atoms with van der Waals surface area (Å²) in [6.45, 7) is -0.777. The molecule has 3 rings (SSSR count). The number of alkyl halides is 3. The number of benzene rings is 2. The van der Waals surface area contributed by atoms with E-state index in [1.54, 1.807) is 42.5 Å². The average Bonchev–Trinajstić information content (AvgIpc) is 3.01. The average molecular weight is 433 g/mol. The van der Waals surface area contributed by atoms with E-state index in [0.29, 0.717) is 16.5 Å². The van der Waals surface area contributed by atoms with E-state index in [9.17, 15) is 30.0 Å². The molecule has 0 fully saturated rings. The molecule has 2 aromatic carbocycles. The van der Waals surface area contributed by atoms with E-state index >= 15 is 0 Å². The van der Waals surface area contributed by atoms with Crippen molar-refractivity contribution in [2.45, 2.75) is 16.8 Å². The number of para-hydroxylation sites is 1. The molecule has 6 nitrogen and oxygen atoms in total. The highest BCUT2D eigenvalue weighted by Gasteiger charge is 2.47. The molecule has 0 atom stereocenters. The zero-order valence-corrected chi connectivity index (χ0v) is 15.8. The molecule has 0 aliphatic rings.